The topological polar surface area (TPSA) is 118 Å². The molecule has 3 heterocycles. The number of nitrogens with one attached hydrogen (secondary N) is 3. The van der Waals surface area contributed by atoms with Crippen molar-refractivity contribution < 1.29 is 4.79 Å². The molecule has 0 saturated carbocycles. The van der Waals surface area contributed by atoms with E-state index in [0.29, 0.717) is 5.92 Å². The van der Waals surface area contributed by atoms with Crippen LogP contribution in [0.3, 0.4) is 0 Å². The zero-order chi connectivity index (χ0) is 17.8. The average molecular weight is 345 g/mol. The van der Waals surface area contributed by atoms with Gasteiger partial charge < -0.3 is 20.2 Å². The van der Waals surface area contributed by atoms with Gasteiger partial charge in [-0.3, -0.25) is 9.59 Å². The van der Waals surface area contributed by atoms with Crippen LogP contribution in [0.15, 0.2) is 17.2 Å². The summed E-state index contributed by atoms with van der Waals surface area (Å²) in [7, 11) is 0. The molecule has 0 aromatic carbocycles. The fraction of sp³-hybridized carbons (Fsp3) is 0.562. The Labute approximate surface area is 145 Å². The summed E-state index contributed by atoms with van der Waals surface area (Å²) in [5, 5.41) is 15.0. The van der Waals surface area contributed by atoms with Crippen molar-refractivity contribution in [3.8, 4) is 0 Å². The Kier molecular flexibility index (Phi) is 5.22. The van der Waals surface area contributed by atoms with E-state index in [1.807, 2.05) is 0 Å². The van der Waals surface area contributed by atoms with E-state index < -0.39 is 0 Å². The maximum atomic E-state index is 12.5. The molecule has 3 N–H and O–H groups in total. The molecule has 0 aliphatic carbocycles. The van der Waals surface area contributed by atoms with Gasteiger partial charge in [-0.15, -0.1) is 10.2 Å². The van der Waals surface area contributed by atoms with Crippen LogP contribution in [0.4, 0.5) is 0 Å². The van der Waals surface area contributed by atoms with Gasteiger partial charge in [0.15, 0.2) is 5.82 Å². The van der Waals surface area contributed by atoms with Crippen LogP contribution in [-0.4, -0.2) is 43.7 Å². The molecule has 0 saturated heterocycles. The summed E-state index contributed by atoms with van der Waals surface area (Å²) in [6, 6.07) is -0.263. The standard InChI is InChI=1S/C16H23N7O2/c1-10(2)7-11(20-16(25)12-8-19-14(24)9-18-12)15-22-21-13-3-4-17-5-6-23(13)15/h8-11,17H,3-7H2,1-2H3,(H,19,24)(H,20,25)/t11-/m0/s1. The summed E-state index contributed by atoms with van der Waals surface area (Å²) in [5.74, 6) is 1.73. The van der Waals surface area contributed by atoms with Gasteiger partial charge in [-0.05, 0) is 12.3 Å². The molecular formula is C16H23N7O2. The van der Waals surface area contributed by atoms with Gasteiger partial charge in [-0.1, -0.05) is 13.8 Å². The summed E-state index contributed by atoms with van der Waals surface area (Å²) < 4.78 is 2.09. The number of H-pyrrole nitrogens is 1. The molecule has 134 valence electrons. The minimum absolute atomic E-state index is 0.172. The zero-order valence-electron chi connectivity index (χ0n) is 14.5. The molecular weight excluding hydrogens is 322 g/mol. The lowest BCUT2D eigenvalue weighted by molar-refractivity contribution is 0.0923. The highest BCUT2D eigenvalue weighted by Gasteiger charge is 2.25. The van der Waals surface area contributed by atoms with Gasteiger partial charge in [-0.25, -0.2) is 4.98 Å². The third-order valence-corrected chi connectivity index (χ3v) is 4.12. The molecule has 1 atom stereocenters. The number of hydrogen-bond acceptors (Lipinski definition) is 6. The quantitative estimate of drug-likeness (QED) is 0.703. The number of aromatic amines is 1. The third kappa shape index (κ3) is 4.11. The van der Waals surface area contributed by atoms with Crippen LogP contribution in [0.2, 0.25) is 0 Å². The molecule has 0 bridgehead atoms. The maximum Gasteiger partial charge on any atom is 0.271 e. The lowest BCUT2D eigenvalue weighted by Gasteiger charge is -2.21. The second kappa shape index (κ2) is 7.56. The lowest BCUT2D eigenvalue weighted by atomic mass is 10.0. The maximum absolute atomic E-state index is 12.5. The first-order valence-corrected chi connectivity index (χ1v) is 8.53. The van der Waals surface area contributed by atoms with E-state index in [1.165, 1.54) is 6.20 Å². The van der Waals surface area contributed by atoms with Crippen molar-refractivity contribution in [1.29, 1.82) is 0 Å². The highest BCUT2D eigenvalue weighted by atomic mass is 16.2. The molecule has 1 amide bonds. The first-order valence-electron chi connectivity index (χ1n) is 8.53. The van der Waals surface area contributed by atoms with Crippen LogP contribution < -0.4 is 16.2 Å². The predicted octanol–water partition coefficient (Wildman–Crippen LogP) is 0.0243. The van der Waals surface area contributed by atoms with Crippen molar-refractivity contribution in [3.63, 3.8) is 0 Å². The monoisotopic (exact) mass is 345 g/mol. The van der Waals surface area contributed by atoms with Crippen molar-refractivity contribution in [1.82, 2.24) is 35.4 Å². The highest BCUT2D eigenvalue weighted by Crippen LogP contribution is 2.21. The Morgan fingerprint density at radius 1 is 1.36 bits per heavy atom. The van der Waals surface area contributed by atoms with E-state index in [4.69, 9.17) is 0 Å². The van der Waals surface area contributed by atoms with Gasteiger partial charge in [0.05, 0.1) is 12.2 Å². The second-order valence-corrected chi connectivity index (χ2v) is 6.58. The Morgan fingerprint density at radius 2 is 2.20 bits per heavy atom. The number of hydrogen-bond donors (Lipinski definition) is 3. The van der Waals surface area contributed by atoms with Gasteiger partial charge in [0.1, 0.15) is 11.5 Å². The molecule has 3 rings (SSSR count). The summed E-state index contributed by atoms with van der Waals surface area (Å²) >= 11 is 0. The molecule has 1 aliphatic rings. The molecule has 1 aliphatic heterocycles. The summed E-state index contributed by atoms with van der Waals surface area (Å²) in [6.45, 7) is 6.69. The number of aromatic nitrogens is 5. The molecule has 9 nitrogen and oxygen atoms in total. The Bertz CT molecular complexity index is 776. The van der Waals surface area contributed by atoms with Crippen LogP contribution in [0.5, 0.6) is 0 Å². The molecule has 25 heavy (non-hydrogen) atoms. The summed E-state index contributed by atoms with van der Waals surface area (Å²) in [4.78, 5) is 30.0. The van der Waals surface area contributed by atoms with Crippen LogP contribution in [0.25, 0.3) is 0 Å². The largest absolute Gasteiger partial charge is 0.341 e. The van der Waals surface area contributed by atoms with Crippen LogP contribution in [0, 0.1) is 5.92 Å². The first-order chi connectivity index (χ1) is 12.0. The first kappa shape index (κ1) is 17.3. The smallest absolute Gasteiger partial charge is 0.271 e. The zero-order valence-corrected chi connectivity index (χ0v) is 14.5. The Balaban J connectivity index is 1.85. The van der Waals surface area contributed by atoms with E-state index in [9.17, 15) is 9.59 Å². The van der Waals surface area contributed by atoms with E-state index in [0.717, 1.165) is 50.3 Å². The minimum Gasteiger partial charge on any atom is -0.341 e. The molecule has 0 spiro atoms. The Morgan fingerprint density at radius 3 is 2.92 bits per heavy atom. The summed E-state index contributed by atoms with van der Waals surface area (Å²) in [5.41, 5.74) is -0.170. The molecule has 2 aromatic rings. The normalized spacial score (nSPS) is 15.5. The number of carbonyl (C=O) groups excluding carboxylic acids is 1. The number of carbonyl (C=O) groups is 1. The van der Waals surface area contributed by atoms with Crippen molar-refractivity contribution in [2.24, 2.45) is 5.92 Å². The van der Waals surface area contributed by atoms with Crippen LogP contribution >= 0.6 is 0 Å². The van der Waals surface area contributed by atoms with E-state index >= 15 is 0 Å². The SMILES string of the molecule is CC(C)C[C@H](NC(=O)c1c[nH]c(=O)cn1)c1nnc2n1CCNCC2. The molecule has 0 radical (unpaired) electrons. The highest BCUT2D eigenvalue weighted by molar-refractivity contribution is 5.92. The molecule has 0 fully saturated rings. The average Bonchev–Trinajstić information content (AvgIpc) is 2.83. The van der Waals surface area contributed by atoms with E-state index in [1.54, 1.807) is 0 Å². The third-order valence-electron chi connectivity index (χ3n) is 4.12. The van der Waals surface area contributed by atoms with Crippen LogP contribution in [-0.2, 0) is 13.0 Å². The molecule has 2 aromatic heterocycles. The number of fused-ring (bicyclic) bond motifs is 1. The van der Waals surface area contributed by atoms with Gasteiger partial charge in [0, 0.05) is 32.3 Å². The van der Waals surface area contributed by atoms with Crippen LogP contribution in [0.1, 0.15) is 48.4 Å². The number of rotatable bonds is 5. The predicted molar refractivity (Wildman–Crippen MR) is 91.1 cm³/mol. The van der Waals surface area contributed by atoms with Crippen molar-refractivity contribution >= 4 is 5.91 Å². The van der Waals surface area contributed by atoms with Crippen molar-refractivity contribution in [2.45, 2.75) is 39.3 Å². The van der Waals surface area contributed by atoms with Gasteiger partial charge >= 0.3 is 0 Å². The Hall–Kier alpha value is -2.55. The van der Waals surface area contributed by atoms with E-state index in [2.05, 4.69) is 49.2 Å². The molecule has 9 heteroatoms. The summed E-state index contributed by atoms with van der Waals surface area (Å²) in [6.07, 6.45) is 3.97. The molecule has 0 unspecified atom stereocenters. The van der Waals surface area contributed by atoms with Crippen molar-refractivity contribution in [2.75, 3.05) is 13.1 Å². The lowest BCUT2D eigenvalue weighted by Crippen LogP contribution is -2.33. The minimum atomic E-state index is -0.342. The van der Waals surface area contributed by atoms with Gasteiger partial charge in [-0.2, -0.15) is 0 Å². The van der Waals surface area contributed by atoms with Gasteiger partial charge in [0.25, 0.3) is 11.5 Å². The van der Waals surface area contributed by atoms with Gasteiger partial charge in [0.2, 0.25) is 0 Å². The fourth-order valence-corrected chi connectivity index (χ4v) is 2.95. The van der Waals surface area contributed by atoms with E-state index in [-0.39, 0.29) is 23.2 Å². The van der Waals surface area contributed by atoms with Crippen molar-refractivity contribution in [3.05, 3.63) is 40.1 Å². The number of amides is 1. The second-order valence-electron chi connectivity index (χ2n) is 6.58. The fourth-order valence-electron chi connectivity index (χ4n) is 2.95. The number of nitrogens with zero attached hydrogens (tertiary/aromatic N) is 4.